The Morgan fingerprint density at radius 3 is 3.16 bits per heavy atom. The topological polar surface area (TPSA) is 67.7 Å². The van der Waals surface area contributed by atoms with Crippen molar-refractivity contribution in [2.24, 2.45) is 7.05 Å². The van der Waals surface area contributed by atoms with Gasteiger partial charge in [-0.3, -0.25) is 0 Å². The van der Waals surface area contributed by atoms with Crippen LogP contribution in [0.4, 0.5) is 5.69 Å². The van der Waals surface area contributed by atoms with Crippen molar-refractivity contribution in [3.05, 3.63) is 24.3 Å². The normalized spacial score (nSPS) is 18.7. The van der Waals surface area contributed by atoms with Gasteiger partial charge >= 0.3 is 0 Å². The second-order valence-corrected chi connectivity index (χ2v) is 4.88. The van der Waals surface area contributed by atoms with Gasteiger partial charge in [0.15, 0.2) is 5.82 Å². The molecule has 6 nitrogen and oxygen atoms in total. The largest absolute Gasteiger partial charge is 0.383 e. The summed E-state index contributed by atoms with van der Waals surface area (Å²) in [4.78, 5) is 0. The quantitative estimate of drug-likeness (QED) is 0.857. The molecule has 0 bridgehead atoms. The fraction of sp³-hybridized carbons (Fsp3) is 0.462. The lowest BCUT2D eigenvalue weighted by atomic mass is 10.1. The van der Waals surface area contributed by atoms with Gasteiger partial charge in [-0.1, -0.05) is 12.1 Å². The number of aromatic nitrogens is 4. The average Bonchev–Trinajstić information content (AvgIpc) is 3.08. The summed E-state index contributed by atoms with van der Waals surface area (Å²) in [5.41, 5.74) is 2.13. The van der Waals surface area contributed by atoms with Crippen LogP contribution < -0.4 is 10.6 Å². The zero-order chi connectivity index (χ0) is 13.1. The Morgan fingerprint density at radius 1 is 1.47 bits per heavy atom. The van der Waals surface area contributed by atoms with E-state index >= 15 is 0 Å². The Labute approximate surface area is 112 Å². The highest BCUT2D eigenvalue weighted by Crippen LogP contribution is 2.19. The van der Waals surface area contributed by atoms with Crippen molar-refractivity contribution in [2.45, 2.75) is 18.9 Å². The van der Waals surface area contributed by atoms with Crippen LogP contribution in [0.25, 0.3) is 11.4 Å². The molecule has 0 amide bonds. The molecule has 6 heteroatoms. The predicted octanol–water partition coefficient (Wildman–Crippen LogP) is 1.04. The summed E-state index contributed by atoms with van der Waals surface area (Å²) in [6.45, 7) is 2.09. The van der Waals surface area contributed by atoms with E-state index < -0.39 is 0 Å². The molecule has 1 aromatic carbocycles. The summed E-state index contributed by atoms with van der Waals surface area (Å²) in [5.74, 6) is 0.780. The molecule has 2 heterocycles. The van der Waals surface area contributed by atoms with E-state index in [-0.39, 0.29) is 0 Å². The van der Waals surface area contributed by atoms with Crippen LogP contribution in [0.5, 0.6) is 0 Å². The second-order valence-electron chi connectivity index (χ2n) is 4.88. The Balaban J connectivity index is 1.71. The lowest BCUT2D eigenvalue weighted by Gasteiger charge is -2.13. The van der Waals surface area contributed by atoms with Crippen molar-refractivity contribution >= 4 is 5.69 Å². The van der Waals surface area contributed by atoms with E-state index in [1.165, 1.54) is 12.8 Å². The smallest absolute Gasteiger partial charge is 0.181 e. The maximum atomic E-state index is 4.03. The van der Waals surface area contributed by atoms with Gasteiger partial charge in [-0.2, -0.15) is 0 Å². The van der Waals surface area contributed by atoms with Gasteiger partial charge in [0.1, 0.15) is 0 Å². The molecular weight excluding hydrogens is 240 g/mol. The van der Waals surface area contributed by atoms with Crippen molar-refractivity contribution in [3.63, 3.8) is 0 Å². The summed E-state index contributed by atoms with van der Waals surface area (Å²) >= 11 is 0. The van der Waals surface area contributed by atoms with Gasteiger partial charge in [-0.25, -0.2) is 4.68 Å². The first kappa shape index (κ1) is 12.1. The predicted molar refractivity (Wildman–Crippen MR) is 73.7 cm³/mol. The van der Waals surface area contributed by atoms with E-state index in [1.54, 1.807) is 4.68 Å². The molecular formula is C13H18N6. The molecule has 1 fully saturated rings. The van der Waals surface area contributed by atoms with Gasteiger partial charge in [0, 0.05) is 30.9 Å². The summed E-state index contributed by atoms with van der Waals surface area (Å²) in [6.07, 6.45) is 2.52. The average molecular weight is 258 g/mol. The van der Waals surface area contributed by atoms with E-state index in [1.807, 2.05) is 19.2 Å². The monoisotopic (exact) mass is 258 g/mol. The molecule has 2 N–H and O–H groups in total. The van der Waals surface area contributed by atoms with Gasteiger partial charge < -0.3 is 10.6 Å². The Hall–Kier alpha value is -1.95. The highest BCUT2D eigenvalue weighted by molar-refractivity contribution is 5.62. The molecule has 1 aliphatic heterocycles. The van der Waals surface area contributed by atoms with Crippen molar-refractivity contribution in [2.75, 3.05) is 18.4 Å². The summed E-state index contributed by atoms with van der Waals surface area (Å²) < 4.78 is 1.68. The first-order chi connectivity index (χ1) is 9.33. The SMILES string of the molecule is Cn1nnnc1-c1cccc(NCC2CCCN2)c1. The van der Waals surface area contributed by atoms with Crippen molar-refractivity contribution in [1.29, 1.82) is 0 Å². The van der Waals surface area contributed by atoms with Crippen LogP contribution in [0.1, 0.15) is 12.8 Å². The lowest BCUT2D eigenvalue weighted by molar-refractivity contribution is 0.633. The van der Waals surface area contributed by atoms with Crippen LogP contribution >= 0.6 is 0 Å². The highest BCUT2D eigenvalue weighted by atomic mass is 15.5. The molecule has 1 aromatic heterocycles. The molecule has 2 aromatic rings. The van der Waals surface area contributed by atoms with E-state index in [4.69, 9.17) is 0 Å². The zero-order valence-corrected chi connectivity index (χ0v) is 11.0. The Morgan fingerprint density at radius 2 is 2.42 bits per heavy atom. The number of hydrogen-bond donors (Lipinski definition) is 2. The Kier molecular flexibility index (Phi) is 3.41. The van der Waals surface area contributed by atoms with Crippen molar-refractivity contribution in [1.82, 2.24) is 25.5 Å². The molecule has 19 heavy (non-hydrogen) atoms. The maximum Gasteiger partial charge on any atom is 0.181 e. The standard InChI is InChI=1S/C13H18N6/c1-19-13(16-17-18-19)10-4-2-5-11(8-10)15-9-12-6-3-7-14-12/h2,4-5,8,12,14-15H,3,6-7,9H2,1H3. The zero-order valence-electron chi connectivity index (χ0n) is 11.0. The first-order valence-electron chi connectivity index (χ1n) is 6.63. The number of anilines is 1. The number of nitrogens with zero attached hydrogens (tertiary/aromatic N) is 4. The highest BCUT2D eigenvalue weighted by Gasteiger charge is 2.13. The number of nitrogens with one attached hydrogen (secondary N) is 2. The van der Waals surface area contributed by atoms with Crippen LogP contribution in [-0.2, 0) is 7.05 Å². The van der Waals surface area contributed by atoms with Crippen LogP contribution in [0.3, 0.4) is 0 Å². The number of aryl methyl sites for hydroxylation is 1. The number of hydrogen-bond acceptors (Lipinski definition) is 5. The third-order valence-corrected chi connectivity index (χ3v) is 3.46. The molecule has 1 atom stereocenters. The lowest BCUT2D eigenvalue weighted by Crippen LogP contribution is -2.29. The minimum Gasteiger partial charge on any atom is -0.383 e. The second kappa shape index (κ2) is 5.36. The van der Waals surface area contributed by atoms with Crippen LogP contribution in [0, 0.1) is 0 Å². The minimum absolute atomic E-state index is 0.583. The molecule has 1 aliphatic rings. The molecule has 0 radical (unpaired) electrons. The minimum atomic E-state index is 0.583. The first-order valence-corrected chi connectivity index (χ1v) is 6.63. The summed E-state index contributed by atoms with van der Waals surface area (Å²) in [7, 11) is 1.85. The fourth-order valence-corrected chi connectivity index (χ4v) is 2.41. The van der Waals surface area contributed by atoms with Crippen molar-refractivity contribution in [3.8, 4) is 11.4 Å². The van der Waals surface area contributed by atoms with Gasteiger partial charge in [0.2, 0.25) is 0 Å². The Bertz CT molecular complexity index is 544. The van der Waals surface area contributed by atoms with Gasteiger partial charge in [-0.15, -0.1) is 5.10 Å². The van der Waals surface area contributed by atoms with Crippen LogP contribution in [0.2, 0.25) is 0 Å². The molecule has 0 saturated carbocycles. The molecule has 1 saturated heterocycles. The van der Waals surface area contributed by atoms with Crippen molar-refractivity contribution < 1.29 is 0 Å². The van der Waals surface area contributed by atoms with E-state index in [0.717, 1.165) is 30.2 Å². The molecule has 0 spiro atoms. The molecule has 100 valence electrons. The number of benzene rings is 1. The number of tetrazole rings is 1. The van der Waals surface area contributed by atoms with E-state index in [9.17, 15) is 0 Å². The van der Waals surface area contributed by atoms with Crippen LogP contribution in [-0.4, -0.2) is 39.3 Å². The third kappa shape index (κ3) is 2.73. The summed E-state index contributed by atoms with van der Waals surface area (Å²) in [5, 5.41) is 18.5. The third-order valence-electron chi connectivity index (χ3n) is 3.46. The molecule has 1 unspecified atom stereocenters. The van der Waals surface area contributed by atoms with E-state index in [0.29, 0.717) is 6.04 Å². The fourth-order valence-electron chi connectivity index (χ4n) is 2.41. The van der Waals surface area contributed by atoms with Gasteiger partial charge in [0.05, 0.1) is 0 Å². The summed E-state index contributed by atoms with van der Waals surface area (Å²) in [6, 6.07) is 8.78. The molecule has 0 aliphatic carbocycles. The number of rotatable bonds is 4. The maximum absolute atomic E-state index is 4.03. The van der Waals surface area contributed by atoms with E-state index in [2.05, 4.69) is 38.3 Å². The van der Waals surface area contributed by atoms with Crippen LogP contribution in [0.15, 0.2) is 24.3 Å². The molecule has 3 rings (SSSR count). The van der Waals surface area contributed by atoms with Gasteiger partial charge in [-0.05, 0) is 41.9 Å². The van der Waals surface area contributed by atoms with Gasteiger partial charge in [0.25, 0.3) is 0 Å².